The minimum absolute atomic E-state index is 0.0104. The van der Waals surface area contributed by atoms with Crippen molar-refractivity contribution in [2.24, 2.45) is 0 Å². The zero-order chi connectivity index (χ0) is 15.8. The van der Waals surface area contributed by atoms with Crippen LogP contribution in [0.2, 0.25) is 0 Å². The zero-order valence-corrected chi connectivity index (χ0v) is 12.5. The first-order valence-electron chi connectivity index (χ1n) is 6.32. The van der Waals surface area contributed by atoms with Gasteiger partial charge in [0.05, 0.1) is 16.7 Å². The van der Waals surface area contributed by atoms with Crippen molar-refractivity contribution in [3.05, 3.63) is 23.8 Å². The molecule has 0 unspecified atom stereocenters. The summed E-state index contributed by atoms with van der Waals surface area (Å²) in [5.41, 5.74) is 0.394. The summed E-state index contributed by atoms with van der Waals surface area (Å²) >= 11 is 0. The molecule has 0 saturated carbocycles. The molecule has 2 rings (SSSR count). The minimum Gasteiger partial charge on any atom is -0.481 e. The number of anilines is 1. The monoisotopic (exact) mass is 312 g/mol. The number of nitrogens with one attached hydrogen (secondary N) is 2. The number of sulfonamides is 1. The lowest BCUT2D eigenvalue weighted by atomic mass is 9.86. The van der Waals surface area contributed by atoms with E-state index in [0.717, 1.165) is 0 Å². The molecule has 1 aromatic carbocycles. The molecule has 3 N–H and O–H groups in total. The van der Waals surface area contributed by atoms with E-state index in [9.17, 15) is 18.0 Å². The predicted octanol–water partition coefficient (Wildman–Crippen LogP) is 0.669. The molecule has 1 amide bonds. The van der Waals surface area contributed by atoms with Gasteiger partial charge >= 0.3 is 5.97 Å². The number of aliphatic carboxylic acids is 1. The summed E-state index contributed by atoms with van der Waals surface area (Å²) in [4.78, 5) is 22.2. The van der Waals surface area contributed by atoms with Crippen LogP contribution in [0.4, 0.5) is 5.69 Å². The second-order valence-corrected chi connectivity index (χ2v) is 7.09. The first-order valence-corrected chi connectivity index (χ1v) is 7.80. The summed E-state index contributed by atoms with van der Waals surface area (Å²) < 4.78 is 26.4. The van der Waals surface area contributed by atoms with E-state index in [0.29, 0.717) is 11.3 Å². The second-order valence-electron chi connectivity index (χ2n) is 5.33. The van der Waals surface area contributed by atoms with Crippen LogP contribution in [0, 0.1) is 0 Å². The Morgan fingerprint density at radius 3 is 2.67 bits per heavy atom. The molecule has 0 spiro atoms. The summed E-state index contributed by atoms with van der Waals surface area (Å²) in [7, 11) is -3.80. The highest BCUT2D eigenvalue weighted by Crippen LogP contribution is 2.38. The molecule has 0 radical (unpaired) electrons. The van der Waals surface area contributed by atoms with Gasteiger partial charge in [0.1, 0.15) is 0 Å². The smallest absolute Gasteiger partial charge is 0.304 e. The number of amides is 1. The van der Waals surface area contributed by atoms with Gasteiger partial charge in [-0.3, -0.25) is 9.59 Å². The quantitative estimate of drug-likeness (QED) is 0.739. The Balaban J connectivity index is 2.29. The summed E-state index contributed by atoms with van der Waals surface area (Å²) in [6.07, 6.45) is -0.296. The highest BCUT2D eigenvalue weighted by molar-refractivity contribution is 7.89. The van der Waals surface area contributed by atoms with Gasteiger partial charge < -0.3 is 10.4 Å². The Bertz CT molecular complexity index is 709. The molecule has 0 saturated heterocycles. The number of carbonyl (C=O) groups excluding carboxylic acids is 1. The van der Waals surface area contributed by atoms with Crippen LogP contribution in [0.5, 0.6) is 0 Å². The van der Waals surface area contributed by atoms with E-state index in [1.54, 1.807) is 13.8 Å². The summed E-state index contributed by atoms with van der Waals surface area (Å²) in [6.45, 7) is 3.24. The van der Waals surface area contributed by atoms with Crippen molar-refractivity contribution in [1.82, 2.24) is 4.72 Å². The van der Waals surface area contributed by atoms with Gasteiger partial charge in [0, 0.05) is 12.2 Å². The van der Waals surface area contributed by atoms with Crippen LogP contribution < -0.4 is 10.0 Å². The van der Waals surface area contributed by atoms with E-state index in [1.165, 1.54) is 18.2 Å². The molecule has 1 aliphatic rings. The van der Waals surface area contributed by atoms with Crippen LogP contribution in [-0.4, -0.2) is 31.9 Å². The molecule has 1 aromatic rings. The third-order valence-corrected chi connectivity index (χ3v) is 4.88. The van der Waals surface area contributed by atoms with Gasteiger partial charge in [-0.1, -0.05) is 0 Å². The van der Waals surface area contributed by atoms with E-state index < -0.39 is 21.4 Å². The first kappa shape index (κ1) is 15.5. The lowest BCUT2D eigenvalue weighted by Gasteiger charge is -2.16. The van der Waals surface area contributed by atoms with E-state index in [-0.39, 0.29) is 23.8 Å². The van der Waals surface area contributed by atoms with Gasteiger partial charge in [0.25, 0.3) is 0 Å². The SMILES string of the molecule is CC1(C)C(=O)Nc2ccc(S(=O)(=O)NCCC(=O)O)cc21. The van der Waals surface area contributed by atoms with Crippen molar-refractivity contribution < 1.29 is 23.1 Å². The molecule has 0 atom stereocenters. The number of rotatable bonds is 5. The van der Waals surface area contributed by atoms with Gasteiger partial charge in [0.2, 0.25) is 15.9 Å². The van der Waals surface area contributed by atoms with Crippen LogP contribution in [0.1, 0.15) is 25.8 Å². The van der Waals surface area contributed by atoms with E-state index >= 15 is 0 Å². The van der Waals surface area contributed by atoms with E-state index in [1.807, 2.05) is 0 Å². The lowest BCUT2D eigenvalue weighted by molar-refractivity contribution is -0.136. The topological polar surface area (TPSA) is 113 Å². The number of benzene rings is 1. The average molecular weight is 312 g/mol. The van der Waals surface area contributed by atoms with Crippen molar-refractivity contribution in [3.8, 4) is 0 Å². The molecule has 0 bridgehead atoms. The Kier molecular flexibility index (Phi) is 3.77. The van der Waals surface area contributed by atoms with Crippen LogP contribution in [0.25, 0.3) is 0 Å². The van der Waals surface area contributed by atoms with Gasteiger partial charge in [0.15, 0.2) is 0 Å². The third-order valence-electron chi connectivity index (χ3n) is 3.42. The highest BCUT2D eigenvalue weighted by Gasteiger charge is 2.39. The fourth-order valence-corrected chi connectivity index (χ4v) is 3.15. The standard InChI is InChI=1S/C13H16N2O5S/c1-13(2)9-7-8(3-4-10(9)15-12(13)18)21(19,20)14-6-5-11(16)17/h3-4,7,14H,5-6H2,1-2H3,(H,15,18)(H,16,17). The van der Waals surface area contributed by atoms with Crippen molar-refractivity contribution in [1.29, 1.82) is 0 Å². The Labute approximate surface area is 122 Å². The van der Waals surface area contributed by atoms with Crippen molar-refractivity contribution in [2.45, 2.75) is 30.6 Å². The first-order chi connectivity index (χ1) is 9.64. The number of hydrogen-bond donors (Lipinski definition) is 3. The fraction of sp³-hybridized carbons (Fsp3) is 0.385. The molecule has 8 heteroatoms. The second kappa shape index (κ2) is 5.12. The van der Waals surface area contributed by atoms with Crippen molar-refractivity contribution in [2.75, 3.05) is 11.9 Å². The van der Waals surface area contributed by atoms with Gasteiger partial charge in [-0.05, 0) is 37.6 Å². The molecule has 7 nitrogen and oxygen atoms in total. The summed E-state index contributed by atoms with van der Waals surface area (Å²) in [5.74, 6) is -1.27. The maximum absolute atomic E-state index is 12.1. The Hall–Kier alpha value is -1.93. The molecular weight excluding hydrogens is 296 g/mol. The van der Waals surface area contributed by atoms with Crippen LogP contribution in [-0.2, 0) is 25.0 Å². The average Bonchev–Trinajstić information content (AvgIpc) is 2.59. The number of carbonyl (C=O) groups is 2. The van der Waals surface area contributed by atoms with E-state index in [2.05, 4.69) is 10.0 Å². The number of hydrogen-bond acceptors (Lipinski definition) is 4. The molecule has 21 heavy (non-hydrogen) atoms. The maximum Gasteiger partial charge on any atom is 0.304 e. The van der Waals surface area contributed by atoms with Gasteiger partial charge in [-0.15, -0.1) is 0 Å². The number of fused-ring (bicyclic) bond motifs is 1. The van der Waals surface area contributed by atoms with Crippen LogP contribution in [0.15, 0.2) is 23.1 Å². The van der Waals surface area contributed by atoms with Crippen molar-refractivity contribution in [3.63, 3.8) is 0 Å². The lowest BCUT2D eigenvalue weighted by Crippen LogP contribution is -2.28. The molecular formula is C13H16N2O5S. The number of carboxylic acids is 1. The molecule has 1 heterocycles. The molecule has 114 valence electrons. The summed E-state index contributed by atoms with van der Waals surface area (Å²) in [6, 6.07) is 4.35. The summed E-state index contributed by atoms with van der Waals surface area (Å²) in [5, 5.41) is 11.2. The third kappa shape index (κ3) is 2.91. The number of carboxylic acid groups (broad SMARTS) is 1. The van der Waals surface area contributed by atoms with E-state index in [4.69, 9.17) is 5.11 Å². The maximum atomic E-state index is 12.1. The van der Waals surface area contributed by atoms with Gasteiger partial charge in [-0.25, -0.2) is 13.1 Å². The molecule has 0 aliphatic carbocycles. The van der Waals surface area contributed by atoms with Crippen molar-refractivity contribution >= 4 is 27.6 Å². The Morgan fingerprint density at radius 2 is 2.05 bits per heavy atom. The zero-order valence-electron chi connectivity index (χ0n) is 11.6. The van der Waals surface area contributed by atoms with Gasteiger partial charge in [-0.2, -0.15) is 0 Å². The molecule has 0 fully saturated rings. The minimum atomic E-state index is -3.80. The Morgan fingerprint density at radius 1 is 1.38 bits per heavy atom. The van der Waals surface area contributed by atoms with Crippen LogP contribution >= 0.6 is 0 Å². The highest BCUT2D eigenvalue weighted by atomic mass is 32.2. The predicted molar refractivity (Wildman–Crippen MR) is 75.5 cm³/mol. The largest absolute Gasteiger partial charge is 0.481 e. The normalized spacial score (nSPS) is 16.4. The van der Waals surface area contributed by atoms with Crippen LogP contribution in [0.3, 0.4) is 0 Å². The fourth-order valence-electron chi connectivity index (χ4n) is 2.09. The molecule has 1 aliphatic heterocycles. The molecule has 0 aromatic heterocycles.